The summed E-state index contributed by atoms with van der Waals surface area (Å²) in [6, 6.07) is 1.88. The average Bonchev–Trinajstić information content (AvgIpc) is 2.76. The monoisotopic (exact) mass is 487 g/mol. The number of amidine groups is 1. The minimum Gasteiger partial charge on any atom is -0.352 e. The zero-order valence-corrected chi connectivity index (χ0v) is 17.6. The molecule has 1 aromatic heterocycles. The van der Waals surface area contributed by atoms with Gasteiger partial charge in [-0.15, -0.1) is 5.11 Å². The number of hydrogen-bond donors (Lipinski definition) is 3. The molecule has 2 atom stereocenters. The molecule has 1 aliphatic heterocycles. The molecule has 3 rings (SSSR count). The van der Waals surface area contributed by atoms with Gasteiger partial charge in [-0.3, -0.25) is 10.2 Å². The Balaban J connectivity index is 1.89. The Bertz CT molecular complexity index is 1090. The third kappa shape index (κ3) is 5.48. The molecule has 0 spiro atoms. The Morgan fingerprint density at radius 1 is 1.26 bits per heavy atom. The maximum Gasteiger partial charge on any atom is 0.419 e. The second kappa shape index (κ2) is 9.35. The molecular weight excluding hydrogens is 468 g/mol. The lowest BCUT2D eigenvalue weighted by Crippen LogP contribution is -2.57. The van der Waals surface area contributed by atoms with Crippen LogP contribution in [0.25, 0.3) is 0 Å². The van der Waals surface area contributed by atoms with E-state index in [2.05, 4.69) is 20.4 Å². The predicted octanol–water partition coefficient (Wildman–Crippen LogP) is 4.59. The van der Waals surface area contributed by atoms with Gasteiger partial charge in [0.25, 0.3) is 11.8 Å². The Kier molecular flexibility index (Phi) is 6.89. The van der Waals surface area contributed by atoms with Crippen LogP contribution in [0.5, 0.6) is 0 Å². The second-order valence-corrected chi connectivity index (χ2v) is 7.86. The number of benzene rings is 1. The van der Waals surface area contributed by atoms with Crippen molar-refractivity contribution in [3.63, 3.8) is 0 Å². The number of rotatable bonds is 5. The molecule has 0 aliphatic carbocycles. The molecule has 2 heterocycles. The first-order valence-corrected chi connectivity index (χ1v) is 9.90. The number of aromatic nitrogens is 2. The Labute approximate surface area is 189 Å². The van der Waals surface area contributed by atoms with Crippen molar-refractivity contribution in [1.29, 1.82) is 10.9 Å². The predicted molar refractivity (Wildman–Crippen MR) is 107 cm³/mol. The molecule has 1 amide bonds. The van der Waals surface area contributed by atoms with Crippen LogP contribution in [0.15, 0.2) is 35.7 Å². The Morgan fingerprint density at radius 2 is 1.91 bits per heavy atom. The highest BCUT2D eigenvalue weighted by Crippen LogP contribution is 2.36. The van der Waals surface area contributed by atoms with E-state index >= 15 is 0 Å². The first kappa shape index (κ1) is 25.1. The lowest BCUT2D eigenvalue weighted by Gasteiger charge is -2.43. The van der Waals surface area contributed by atoms with Gasteiger partial charge in [-0.1, -0.05) is 6.92 Å². The van der Waals surface area contributed by atoms with Gasteiger partial charge in [0, 0.05) is 30.9 Å². The number of likely N-dealkylation sites (tertiary alicyclic amines) is 1. The van der Waals surface area contributed by atoms with E-state index in [9.17, 15) is 31.1 Å². The largest absolute Gasteiger partial charge is 0.419 e. The molecule has 1 aromatic carbocycles. The van der Waals surface area contributed by atoms with Crippen molar-refractivity contribution in [1.82, 2.24) is 14.9 Å². The third-order valence-electron chi connectivity index (χ3n) is 5.37. The van der Waals surface area contributed by atoms with Gasteiger partial charge >= 0.3 is 6.18 Å². The fraction of sp³-hybridized carbons (Fsp3) is 0.400. The topological polar surface area (TPSA) is 118 Å². The van der Waals surface area contributed by atoms with Crippen molar-refractivity contribution < 1.29 is 31.1 Å². The van der Waals surface area contributed by atoms with E-state index < -0.39 is 65.7 Å². The molecule has 1 aliphatic rings. The molecule has 34 heavy (non-hydrogen) atoms. The van der Waals surface area contributed by atoms with Crippen LogP contribution in [0.1, 0.15) is 34.8 Å². The summed E-state index contributed by atoms with van der Waals surface area (Å²) in [4.78, 5) is 21.2. The SMILES string of the molecule is CC1CC(F)(F)CN(C(=O)c2cc(F)ccc2C(=N)N=N)[C@@H]1CNc1ncc(C(F)(F)F)cn1. The van der Waals surface area contributed by atoms with Crippen LogP contribution in [0.3, 0.4) is 0 Å². The highest BCUT2D eigenvalue weighted by Gasteiger charge is 2.46. The molecule has 3 N–H and O–H groups in total. The number of carbonyl (C=O) groups excluding carboxylic acids is 1. The molecule has 1 unspecified atom stereocenters. The molecule has 8 nitrogen and oxygen atoms in total. The molecule has 0 bridgehead atoms. The van der Waals surface area contributed by atoms with E-state index in [1.54, 1.807) is 0 Å². The number of nitrogens with one attached hydrogen (secondary N) is 3. The van der Waals surface area contributed by atoms with Crippen LogP contribution in [-0.4, -0.2) is 51.7 Å². The van der Waals surface area contributed by atoms with E-state index in [1.807, 2.05) is 0 Å². The lowest BCUT2D eigenvalue weighted by atomic mass is 9.87. The summed E-state index contributed by atoms with van der Waals surface area (Å²) >= 11 is 0. The van der Waals surface area contributed by atoms with E-state index in [4.69, 9.17) is 10.9 Å². The average molecular weight is 487 g/mol. The van der Waals surface area contributed by atoms with Gasteiger partial charge in [0.15, 0.2) is 5.84 Å². The first-order valence-electron chi connectivity index (χ1n) is 9.90. The molecule has 0 saturated carbocycles. The van der Waals surface area contributed by atoms with Gasteiger partial charge in [-0.2, -0.15) is 13.2 Å². The highest BCUT2D eigenvalue weighted by atomic mass is 19.4. The fourth-order valence-corrected chi connectivity index (χ4v) is 3.76. The Hall–Kier alpha value is -3.58. The number of amides is 1. The van der Waals surface area contributed by atoms with Crippen molar-refractivity contribution in [3.05, 3.63) is 53.1 Å². The maximum atomic E-state index is 14.4. The zero-order chi connectivity index (χ0) is 25.3. The Morgan fingerprint density at radius 3 is 2.50 bits per heavy atom. The smallest absolute Gasteiger partial charge is 0.352 e. The van der Waals surface area contributed by atoms with Crippen LogP contribution >= 0.6 is 0 Å². The summed E-state index contributed by atoms with van der Waals surface area (Å²) in [5, 5.41) is 13.3. The summed E-state index contributed by atoms with van der Waals surface area (Å²) in [5.74, 6) is -6.74. The zero-order valence-electron chi connectivity index (χ0n) is 17.6. The van der Waals surface area contributed by atoms with E-state index in [-0.39, 0.29) is 18.1 Å². The lowest BCUT2D eigenvalue weighted by molar-refractivity contribution is -0.138. The number of anilines is 1. The molecule has 1 fully saturated rings. The standard InChI is InChI=1S/C20H19F6N7O/c1-10-5-19(22,23)9-33(17(34)14-4-12(21)2-3-13(14)16(27)32-28)15(10)8-31-18-29-6-11(7-30-18)20(24,25)26/h2-4,6-7,10,15,27-28H,5,8-9H2,1H3,(H,29,30,31)/t10?,15-/m1/s1. The summed E-state index contributed by atoms with van der Waals surface area (Å²) in [7, 11) is 0. The second-order valence-electron chi connectivity index (χ2n) is 7.86. The summed E-state index contributed by atoms with van der Waals surface area (Å²) in [6.07, 6.45) is -4.07. The first-order chi connectivity index (χ1) is 15.8. The van der Waals surface area contributed by atoms with Crippen LogP contribution in [0.2, 0.25) is 0 Å². The minimum absolute atomic E-state index is 0.181. The number of halogens is 6. The van der Waals surface area contributed by atoms with Gasteiger partial charge in [0.05, 0.1) is 23.7 Å². The number of nitrogens with zero attached hydrogens (tertiary/aromatic N) is 4. The van der Waals surface area contributed by atoms with Crippen LogP contribution in [-0.2, 0) is 6.18 Å². The van der Waals surface area contributed by atoms with Crippen LogP contribution in [0, 0.1) is 22.7 Å². The van der Waals surface area contributed by atoms with Crippen LogP contribution in [0.4, 0.5) is 32.3 Å². The number of carbonyl (C=O) groups is 1. The summed E-state index contributed by atoms with van der Waals surface area (Å²) < 4.78 is 80.7. The van der Waals surface area contributed by atoms with Crippen molar-refractivity contribution in [2.24, 2.45) is 11.0 Å². The van der Waals surface area contributed by atoms with Gasteiger partial charge in [-0.05, 0) is 24.1 Å². The van der Waals surface area contributed by atoms with Crippen molar-refractivity contribution in [2.45, 2.75) is 31.5 Å². The third-order valence-corrected chi connectivity index (χ3v) is 5.37. The number of piperidine rings is 1. The van der Waals surface area contributed by atoms with Gasteiger partial charge in [0.1, 0.15) is 5.82 Å². The highest BCUT2D eigenvalue weighted by molar-refractivity contribution is 6.08. The van der Waals surface area contributed by atoms with Gasteiger partial charge < -0.3 is 10.2 Å². The molecular formula is C20H19F6N7O. The van der Waals surface area contributed by atoms with E-state index in [0.717, 1.165) is 23.1 Å². The molecule has 182 valence electrons. The number of alkyl halides is 5. The van der Waals surface area contributed by atoms with Gasteiger partial charge in [0.2, 0.25) is 5.95 Å². The molecule has 2 aromatic rings. The quantitative estimate of drug-likeness (QED) is 0.247. The van der Waals surface area contributed by atoms with E-state index in [1.165, 1.54) is 6.92 Å². The number of hydrogen-bond acceptors (Lipinski definition) is 6. The van der Waals surface area contributed by atoms with E-state index in [0.29, 0.717) is 12.4 Å². The normalized spacial score (nSPS) is 20.0. The summed E-state index contributed by atoms with van der Waals surface area (Å²) in [5.41, 5.74) is 5.31. The molecule has 14 heteroatoms. The van der Waals surface area contributed by atoms with Gasteiger partial charge in [-0.25, -0.2) is 28.7 Å². The van der Waals surface area contributed by atoms with Crippen molar-refractivity contribution in [3.8, 4) is 0 Å². The molecule has 0 radical (unpaired) electrons. The fourth-order valence-electron chi connectivity index (χ4n) is 3.76. The maximum absolute atomic E-state index is 14.4. The summed E-state index contributed by atoms with van der Waals surface area (Å²) in [6.45, 7) is 0.290. The van der Waals surface area contributed by atoms with Crippen molar-refractivity contribution >= 4 is 17.7 Å². The van der Waals surface area contributed by atoms with Crippen molar-refractivity contribution in [2.75, 3.05) is 18.4 Å². The molecule has 1 saturated heterocycles. The van der Waals surface area contributed by atoms with Crippen LogP contribution < -0.4 is 5.32 Å². The minimum atomic E-state index is -4.63.